The van der Waals surface area contributed by atoms with E-state index in [0.717, 1.165) is 9.49 Å². The van der Waals surface area contributed by atoms with Gasteiger partial charge in [-0.3, -0.25) is 0 Å². The van der Waals surface area contributed by atoms with E-state index >= 15 is 0 Å². The van der Waals surface area contributed by atoms with E-state index in [1.54, 1.807) is 20.8 Å². The second-order valence-corrected chi connectivity index (χ2v) is 8.74. The number of halogens is 1. The topological polar surface area (TPSA) is 67.9 Å². The van der Waals surface area contributed by atoms with Crippen molar-refractivity contribution in [3.63, 3.8) is 0 Å². The van der Waals surface area contributed by atoms with Crippen LogP contribution in [-0.2, 0) is 14.4 Å². The van der Waals surface area contributed by atoms with Crippen LogP contribution < -0.4 is 26.5 Å². The number of alkyl halides is 2. The molecule has 6 nitrogen and oxygen atoms in total. The monoisotopic (exact) mass is 401 g/mol. The second-order valence-electron chi connectivity index (χ2n) is 5.73. The van der Waals surface area contributed by atoms with Crippen LogP contribution in [0.5, 0.6) is 0 Å². The number of nitrogens with one attached hydrogen (secondary N) is 1. The van der Waals surface area contributed by atoms with Crippen molar-refractivity contribution >= 4 is 12.0 Å². The average Bonchev–Trinajstić information content (AvgIpc) is 2.29. The molecule has 0 aromatic rings. The summed E-state index contributed by atoms with van der Waals surface area (Å²) < 4.78 is 5.60. The van der Waals surface area contributed by atoms with Crippen LogP contribution in [0.15, 0.2) is 0 Å². The number of hydroxylamine groups is 2. The maximum atomic E-state index is 12.1. The first-order valence-electron chi connectivity index (χ1n) is 6.45. The molecule has 7 heteroatoms. The molecule has 1 atom stereocenters. The van der Waals surface area contributed by atoms with Crippen molar-refractivity contribution in [2.45, 2.75) is 44.3 Å². The summed E-state index contributed by atoms with van der Waals surface area (Å²) >= 11 is -0.521. The zero-order valence-electron chi connectivity index (χ0n) is 13.3. The number of nitrogens with zero attached hydrogens (tertiary/aromatic N) is 1. The summed E-state index contributed by atoms with van der Waals surface area (Å²) in [5, 5.41) is 3.80. The zero-order chi connectivity index (χ0) is 15.9. The van der Waals surface area contributed by atoms with E-state index in [4.69, 9.17) is 9.57 Å². The van der Waals surface area contributed by atoms with Crippen LogP contribution in [0.25, 0.3) is 0 Å². The summed E-state index contributed by atoms with van der Waals surface area (Å²) in [7, 11) is 2.95. The first-order valence-corrected chi connectivity index (χ1v) is 9.23. The van der Waals surface area contributed by atoms with E-state index in [0.29, 0.717) is 5.92 Å². The van der Waals surface area contributed by atoms with Gasteiger partial charge >= 0.3 is 132 Å². The molecule has 0 aliphatic rings. The normalized spacial score (nSPS) is 13.2. The quantitative estimate of drug-likeness (QED) is 0.258. The number of amides is 2. The van der Waals surface area contributed by atoms with Gasteiger partial charge in [0.15, 0.2) is 0 Å². The molecule has 0 saturated heterocycles. The summed E-state index contributed by atoms with van der Waals surface area (Å²) in [5.74, 6) is 0.248. The molecule has 0 aromatic carbocycles. The number of ether oxygens (including phenoxy) is 1. The Hall–Kier alpha value is -0.570. The molecule has 20 heavy (non-hydrogen) atoms. The zero-order valence-corrected chi connectivity index (χ0v) is 15.5. The Kier molecular flexibility index (Phi) is 8.41. The Morgan fingerprint density at radius 2 is 1.85 bits per heavy atom. The Morgan fingerprint density at radius 3 is 2.25 bits per heavy atom. The van der Waals surface area contributed by atoms with E-state index in [1.165, 1.54) is 14.2 Å². The van der Waals surface area contributed by atoms with Crippen LogP contribution >= 0.6 is 0 Å². The van der Waals surface area contributed by atoms with Crippen LogP contribution in [0.1, 0.15) is 34.6 Å². The fourth-order valence-corrected chi connectivity index (χ4v) is 3.86. The molecule has 0 aliphatic carbocycles. The Labute approximate surface area is 131 Å². The van der Waals surface area contributed by atoms with Crippen molar-refractivity contribution in [3.8, 4) is 0 Å². The fourth-order valence-electron chi connectivity index (χ4n) is 1.09. The van der Waals surface area contributed by atoms with E-state index in [-0.39, 0.29) is 5.91 Å². The van der Waals surface area contributed by atoms with Gasteiger partial charge in [-0.1, -0.05) is 0 Å². The molecule has 0 aromatic heterocycles. The number of hydrogen-bond acceptors (Lipinski definition) is 4. The van der Waals surface area contributed by atoms with Gasteiger partial charge in [-0.25, -0.2) is 0 Å². The molecule has 1 N–H and O–H groups in total. The van der Waals surface area contributed by atoms with Crippen molar-refractivity contribution in [1.29, 1.82) is 0 Å². The average molecular weight is 401 g/mol. The molecule has 0 heterocycles. The Morgan fingerprint density at radius 1 is 1.30 bits per heavy atom. The van der Waals surface area contributed by atoms with Gasteiger partial charge < -0.3 is 0 Å². The predicted molar refractivity (Wildman–Crippen MR) is 72.6 cm³/mol. The first-order chi connectivity index (χ1) is 9.06. The molecule has 0 aliphatic heterocycles. The van der Waals surface area contributed by atoms with Crippen molar-refractivity contribution in [2.75, 3.05) is 18.6 Å². The summed E-state index contributed by atoms with van der Waals surface area (Å²) in [6, 6.07) is 0. The molecule has 0 radical (unpaired) electrons. The fraction of sp³-hybridized carbons (Fsp3) is 0.846. The molecule has 0 saturated carbocycles. The van der Waals surface area contributed by atoms with Gasteiger partial charge in [0.2, 0.25) is 0 Å². The van der Waals surface area contributed by atoms with Crippen LogP contribution in [0, 0.1) is 5.92 Å². The molecule has 0 rings (SSSR count). The summed E-state index contributed by atoms with van der Waals surface area (Å²) in [6.45, 7) is 9.54. The van der Waals surface area contributed by atoms with Crippen molar-refractivity contribution < 1.29 is 40.4 Å². The molecule has 120 valence electrons. The third-order valence-electron chi connectivity index (χ3n) is 2.00. The summed E-state index contributed by atoms with van der Waals surface area (Å²) in [6.07, 6.45) is -0.566. The number of alkyl carbamates (subject to hydrolysis) is 1. The van der Waals surface area contributed by atoms with Crippen molar-refractivity contribution in [3.05, 3.63) is 0 Å². The van der Waals surface area contributed by atoms with Gasteiger partial charge in [0.1, 0.15) is 0 Å². The third kappa shape index (κ3) is 8.57. The van der Waals surface area contributed by atoms with E-state index in [1.807, 2.05) is 0 Å². The number of carbonyl (C=O) groups is 2. The van der Waals surface area contributed by atoms with Crippen molar-refractivity contribution in [1.82, 2.24) is 10.4 Å². The van der Waals surface area contributed by atoms with Gasteiger partial charge in [0, 0.05) is 0 Å². The van der Waals surface area contributed by atoms with Crippen molar-refractivity contribution in [2.24, 2.45) is 5.92 Å². The number of carbonyl (C=O) groups excluding carboxylic acids is 2. The minimum atomic E-state index is -0.582. The summed E-state index contributed by atoms with van der Waals surface area (Å²) in [5.41, 5.74) is -0.582. The van der Waals surface area contributed by atoms with E-state index in [2.05, 4.69) is 19.2 Å². The van der Waals surface area contributed by atoms with Gasteiger partial charge in [0.25, 0.3) is 0 Å². The molecule has 2 amide bonds. The molecular weight excluding hydrogens is 375 g/mol. The standard InChI is InChI=1S/C13H26IN2O4/c1-9(2)8-14-10(11(17)16(6)19-7)15-12(18)20-13(3,4)5/h9-10H,8H2,1-7H3,(H,15,18)/q-1. The Balaban J connectivity index is 4.68. The van der Waals surface area contributed by atoms with Crippen LogP contribution in [0.2, 0.25) is 0 Å². The van der Waals surface area contributed by atoms with Gasteiger partial charge in [-0.2, -0.15) is 0 Å². The number of hydrogen-bond donors (Lipinski definition) is 1. The molecule has 1 unspecified atom stereocenters. The molecular formula is C13H26IN2O4-. The van der Waals surface area contributed by atoms with E-state index in [9.17, 15) is 9.59 Å². The first kappa shape index (κ1) is 19.4. The molecule has 0 spiro atoms. The maximum absolute atomic E-state index is 12.1. The SMILES string of the molecule is CON(C)C(=O)C(NC(=O)OC(C)(C)C)[I-]CC(C)C. The van der Waals surface area contributed by atoms with Gasteiger partial charge in [-0.15, -0.1) is 0 Å². The van der Waals surface area contributed by atoms with Gasteiger partial charge in [0.05, 0.1) is 0 Å². The van der Waals surface area contributed by atoms with Crippen LogP contribution in [-0.4, -0.2) is 45.3 Å². The second kappa shape index (κ2) is 8.66. The number of likely N-dealkylation sites (N-methyl/N-ethyl adjacent to an activating group) is 1. The molecule has 0 fully saturated rings. The van der Waals surface area contributed by atoms with E-state index < -0.39 is 36.9 Å². The minimum absolute atomic E-state index is 0.244. The molecule has 0 bridgehead atoms. The van der Waals surface area contributed by atoms with Crippen LogP contribution in [0.3, 0.4) is 0 Å². The number of rotatable bonds is 6. The Bertz CT molecular complexity index is 329. The third-order valence-corrected chi connectivity index (χ3v) is 5.99. The predicted octanol–water partition coefficient (Wildman–Crippen LogP) is -1.40. The van der Waals surface area contributed by atoms with Crippen LogP contribution in [0.4, 0.5) is 4.79 Å². The van der Waals surface area contributed by atoms with Gasteiger partial charge in [-0.05, 0) is 0 Å². The summed E-state index contributed by atoms with van der Waals surface area (Å²) in [4.78, 5) is 28.8.